The monoisotopic (exact) mass is 384 g/mol. The summed E-state index contributed by atoms with van der Waals surface area (Å²) >= 11 is 0. The molecule has 0 spiro atoms. The van der Waals surface area contributed by atoms with Crippen LogP contribution in [0, 0.1) is 18.8 Å². The van der Waals surface area contributed by atoms with Gasteiger partial charge in [0.25, 0.3) is 0 Å². The molecule has 2 aliphatic rings. The van der Waals surface area contributed by atoms with E-state index >= 15 is 0 Å². The quantitative estimate of drug-likeness (QED) is 0.865. The summed E-state index contributed by atoms with van der Waals surface area (Å²) in [4.78, 5) is 19.4. The number of halogens is 2. The summed E-state index contributed by atoms with van der Waals surface area (Å²) in [6, 6.07) is 8.04. The Morgan fingerprint density at radius 1 is 1.16 bits per heavy atom. The zero-order chi connectivity index (χ0) is 15.8. The number of rotatable bonds is 2. The van der Waals surface area contributed by atoms with Crippen LogP contribution in [0.25, 0.3) is 11.0 Å². The van der Waals surface area contributed by atoms with Crippen LogP contribution >= 0.6 is 24.8 Å². The standard InChI is InChI=1S/C18H24N4O.2ClH/c1-13-20-16-4-2-3-5-17(16)22(13)12-18(23)21-8-6-14-10-19-11-15(14)7-9-21;;/h2-5,14-15,19H,6-12H2,1H3;2*1H/t14-,15+;;. The molecule has 1 amide bonds. The Labute approximate surface area is 161 Å². The van der Waals surface area contributed by atoms with E-state index in [4.69, 9.17) is 0 Å². The first-order valence-electron chi connectivity index (χ1n) is 8.63. The van der Waals surface area contributed by atoms with Crippen LogP contribution in [-0.4, -0.2) is 46.5 Å². The number of hydrogen-bond acceptors (Lipinski definition) is 3. The van der Waals surface area contributed by atoms with Gasteiger partial charge in [-0.2, -0.15) is 0 Å². The van der Waals surface area contributed by atoms with E-state index in [-0.39, 0.29) is 30.7 Å². The first kappa shape index (κ1) is 20.0. The molecule has 3 heterocycles. The van der Waals surface area contributed by atoms with E-state index in [0.29, 0.717) is 6.54 Å². The molecule has 5 nitrogen and oxygen atoms in total. The summed E-state index contributed by atoms with van der Waals surface area (Å²) < 4.78 is 2.05. The number of imidazole rings is 1. The molecule has 2 atom stereocenters. The van der Waals surface area contributed by atoms with Gasteiger partial charge in [0, 0.05) is 13.1 Å². The van der Waals surface area contributed by atoms with Gasteiger partial charge in [-0.05, 0) is 56.8 Å². The third-order valence-corrected chi connectivity index (χ3v) is 5.51. The molecule has 2 aliphatic heterocycles. The second-order valence-electron chi connectivity index (χ2n) is 6.87. The number of para-hydroxylation sites is 2. The number of amides is 1. The minimum Gasteiger partial charge on any atom is -0.341 e. The second-order valence-corrected chi connectivity index (χ2v) is 6.87. The van der Waals surface area contributed by atoms with Gasteiger partial charge in [-0.3, -0.25) is 4.79 Å². The molecule has 0 aliphatic carbocycles. The Bertz CT molecular complexity index is 719. The summed E-state index contributed by atoms with van der Waals surface area (Å²) in [6.07, 6.45) is 2.26. The van der Waals surface area contributed by atoms with E-state index in [1.54, 1.807) is 0 Å². The minimum atomic E-state index is 0. The average Bonchev–Trinajstić information content (AvgIpc) is 3.06. The van der Waals surface area contributed by atoms with Gasteiger partial charge < -0.3 is 14.8 Å². The molecule has 0 unspecified atom stereocenters. The third-order valence-electron chi connectivity index (χ3n) is 5.51. The number of likely N-dealkylation sites (tertiary alicyclic amines) is 1. The molecule has 138 valence electrons. The number of nitrogens with one attached hydrogen (secondary N) is 1. The number of carbonyl (C=O) groups is 1. The van der Waals surface area contributed by atoms with E-state index in [0.717, 1.165) is 67.7 Å². The fourth-order valence-corrected chi connectivity index (χ4v) is 4.10. The number of carbonyl (C=O) groups excluding carboxylic acids is 1. The van der Waals surface area contributed by atoms with Crippen LogP contribution in [0.3, 0.4) is 0 Å². The number of aryl methyl sites for hydroxylation is 1. The van der Waals surface area contributed by atoms with Gasteiger partial charge in [0.05, 0.1) is 11.0 Å². The number of aromatic nitrogens is 2. The SMILES string of the molecule is Cc1nc2ccccc2n1CC(=O)N1CC[C@@H]2CNC[C@@H]2CC1.Cl.Cl. The van der Waals surface area contributed by atoms with Crippen molar-refractivity contribution < 1.29 is 4.79 Å². The largest absolute Gasteiger partial charge is 0.341 e. The number of hydrogen-bond donors (Lipinski definition) is 1. The van der Waals surface area contributed by atoms with E-state index in [1.165, 1.54) is 0 Å². The zero-order valence-electron chi connectivity index (χ0n) is 14.5. The van der Waals surface area contributed by atoms with Gasteiger partial charge in [0.15, 0.2) is 0 Å². The van der Waals surface area contributed by atoms with Crippen LogP contribution in [0.5, 0.6) is 0 Å². The summed E-state index contributed by atoms with van der Waals surface area (Å²) in [5, 5.41) is 3.48. The maximum Gasteiger partial charge on any atom is 0.242 e. The smallest absolute Gasteiger partial charge is 0.242 e. The molecule has 1 aromatic carbocycles. The summed E-state index contributed by atoms with van der Waals surface area (Å²) in [6.45, 7) is 6.42. The van der Waals surface area contributed by atoms with Gasteiger partial charge in [-0.25, -0.2) is 4.98 Å². The topological polar surface area (TPSA) is 50.2 Å². The molecule has 1 N–H and O–H groups in total. The summed E-state index contributed by atoms with van der Waals surface area (Å²) in [7, 11) is 0. The van der Waals surface area contributed by atoms with Gasteiger partial charge >= 0.3 is 0 Å². The predicted molar refractivity (Wildman–Crippen MR) is 105 cm³/mol. The lowest BCUT2D eigenvalue weighted by molar-refractivity contribution is -0.131. The van der Waals surface area contributed by atoms with Crippen molar-refractivity contribution in [2.45, 2.75) is 26.3 Å². The molecule has 1 aromatic heterocycles. The van der Waals surface area contributed by atoms with Crippen molar-refractivity contribution in [3.63, 3.8) is 0 Å². The van der Waals surface area contributed by atoms with Crippen LogP contribution in [0.2, 0.25) is 0 Å². The molecule has 2 fully saturated rings. The van der Waals surface area contributed by atoms with Crippen molar-refractivity contribution in [2.75, 3.05) is 26.2 Å². The van der Waals surface area contributed by atoms with E-state index < -0.39 is 0 Å². The minimum absolute atomic E-state index is 0. The first-order valence-corrected chi connectivity index (χ1v) is 8.63. The van der Waals surface area contributed by atoms with Gasteiger partial charge in [0.2, 0.25) is 5.91 Å². The second kappa shape index (κ2) is 8.39. The Hall–Kier alpha value is -1.30. The molecule has 2 aromatic rings. The Morgan fingerprint density at radius 3 is 2.48 bits per heavy atom. The molecule has 7 heteroatoms. The summed E-state index contributed by atoms with van der Waals surface area (Å²) in [5.74, 6) is 2.65. The lowest BCUT2D eigenvalue weighted by Crippen LogP contribution is -2.35. The van der Waals surface area contributed by atoms with Crippen molar-refractivity contribution in [3.05, 3.63) is 30.1 Å². The maximum absolute atomic E-state index is 12.8. The molecule has 2 saturated heterocycles. The van der Waals surface area contributed by atoms with E-state index in [2.05, 4.69) is 15.2 Å². The van der Waals surface area contributed by atoms with E-state index in [1.807, 2.05) is 35.8 Å². The predicted octanol–water partition coefficient (Wildman–Crippen LogP) is 2.65. The van der Waals surface area contributed by atoms with E-state index in [9.17, 15) is 4.79 Å². The van der Waals surface area contributed by atoms with Gasteiger partial charge in [-0.1, -0.05) is 12.1 Å². The van der Waals surface area contributed by atoms with Crippen molar-refractivity contribution >= 4 is 41.8 Å². The third kappa shape index (κ3) is 3.94. The Balaban J connectivity index is 0.00000113. The normalized spacial score (nSPS) is 22.7. The number of fused-ring (bicyclic) bond motifs is 2. The average molecular weight is 385 g/mol. The molecular weight excluding hydrogens is 359 g/mol. The van der Waals surface area contributed by atoms with Gasteiger partial charge in [0.1, 0.15) is 12.4 Å². The van der Waals surface area contributed by atoms with Gasteiger partial charge in [-0.15, -0.1) is 24.8 Å². The molecule has 0 bridgehead atoms. The Kier molecular flexibility index (Phi) is 6.72. The zero-order valence-corrected chi connectivity index (χ0v) is 16.1. The van der Waals surface area contributed by atoms with Crippen molar-refractivity contribution in [1.29, 1.82) is 0 Å². The lowest BCUT2D eigenvalue weighted by Gasteiger charge is -2.21. The highest BCUT2D eigenvalue weighted by Gasteiger charge is 2.31. The van der Waals surface area contributed by atoms with Crippen molar-refractivity contribution in [2.24, 2.45) is 11.8 Å². The molecule has 25 heavy (non-hydrogen) atoms. The van der Waals surface area contributed by atoms with Crippen LogP contribution < -0.4 is 5.32 Å². The fraction of sp³-hybridized carbons (Fsp3) is 0.556. The molecular formula is C18H26Cl2N4O. The Morgan fingerprint density at radius 2 is 1.80 bits per heavy atom. The highest BCUT2D eigenvalue weighted by Crippen LogP contribution is 2.27. The summed E-state index contributed by atoms with van der Waals surface area (Å²) in [5.41, 5.74) is 2.02. The molecule has 4 rings (SSSR count). The lowest BCUT2D eigenvalue weighted by atomic mass is 9.92. The van der Waals surface area contributed by atoms with Crippen molar-refractivity contribution in [1.82, 2.24) is 19.8 Å². The maximum atomic E-state index is 12.8. The van der Waals surface area contributed by atoms with Crippen molar-refractivity contribution in [3.8, 4) is 0 Å². The van der Waals surface area contributed by atoms with Crippen LogP contribution in [0.15, 0.2) is 24.3 Å². The molecule has 0 saturated carbocycles. The van der Waals surface area contributed by atoms with Crippen LogP contribution in [0.1, 0.15) is 18.7 Å². The first-order chi connectivity index (χ1) is 11.2. The van der Waals surface area contributed by atoms with Crippen LogP contribution in [-0.2, 0) is 11.3 Å². The fourth-order valence-electron chi connectivity index (χ4n) is 4.10. The highest BCUT2D eigenvalue weighted by atomic mass is 35.5. The number of benzene rings is 1. The number of nitrogens with zero attached hydrogens (tertiary/aromatic N) is 3. The van der Waals surface area contributed by atoms with Crippen LogP contribution in [0.4, 0.5) is 0 Å². The highest BCUT2D eigenvalue weighted by molar-refractivity contribution is 5.85. The molecule has 0 radical (unpaired) electrons.